The molecule has 3 aliphatic rings. The predicted octanol–water partition coefficient (Wildman–Crippen LogP) is 3.78. The standard InChI is InChI=1S/C18H21ClN2O/c19-15-3-1-14(2-4-15)18-6-5-16(22-18)11-20-17-12-21-9-7-13(17)8-10-21/h1-6,13,17,20H,7-12H2/t17-/m0/s1. The summed E-state index contributed by atoms with van der Waals surface area (Å²) in [4.78, 5) is 2.57. The smallest absolute Gasteiger partial charge is 0.134 e. The topological polar surface area (TPSA) is 28.4 Å². The van der Waals surface area contributed by atoms with Crippen LogP contribution in [0.1, 0.15) is 18.6 Å². The average molecular weight is 317 g/mol. The van der Waals surface area contributed by atoms with Gasteiger partial charge in [-0.1, -0.05) is 11.6 Å². The third-order valence-corrected chi connectivity index (χ3v) is 5.24. The molecule has 22 heavy (non-hydrogen) atoms. The summed E-state index contributed by atoms with van der Waals surface area (Å²) in [6.07, 6.45) is 2.68. The zero-order chi connectivity index (χ0) is 14.9. The fourth-order valence-corrected chi connectivity index (χ4v) is 3.80. The highest BCUT2D eigenvalue weighted by molar-refractivity contribution is 6.30. The molecule has 2 aromatic rings. The lowest BCUT2D eigenvalue weighted by Crippen LogP contribution is -2.55. The summed E-state index contributed by atoms with van der Waals surface area (Å²) in [5.74, 6) is 2.75. The Morgan fingerprint density at radius 1 is 1.09 bits per heavy atom. The first-order valence-corrected chi connectivity index (χ1v) is 8.46. The molecule has 0 radical (unpaired) electrons. The van der Waals surface area contributed by atoms with Crippen LogP contribution in [0.15, 0.2) is 40.8 Å². The molecular weight excluding hydrogens is 296 g/mol. The Kier molecular flexibility index (Phi) is 3.95. The molecule has 3 nitrogen and oxygen atoms in total. The van der Waals surface area contributed by atoms with E-state index in [2.05, 4.69) is 16.3 Å². The van der Waals surface area contributed by atoms with Crippen molar-refractivity contribution < 1.29 is 4.42 Å². The highest BCUT2D eigenvalue weighted by atomic mass is 35.5. The van der Waals surface area contributed by atoms with E-state index in [0.717, 1.165) is 34.6 Å². The largest absolute Gasteiger partial charge is 0.460 e. The molecule has 116 valence electrons. The summed E-state index contributed by atoms with van der Waals surface area (Å²) in [7, 11) is 0. The summed E-state index contributed by atoms with van der Waals surface area (Å²) in [5.41, 5.74) is 1.07. The van der Waals surface area contributed by atoms with Crippen molar-refractivity contribution in [2.75, 3.05) is 19.6 Å². The maximum Gasteiger partial charge on any atom is 0.134 e. The zero-order valence-corrected chi connectivity index (χ0v) is 13.4. The van der Waals surface area contributed by atoms with Crippen molar-refractivity contribution in [2.45, 2.75) is 25.4 Å². The predicted molar refractivity (Wildman–Crippen MR) is 88.9 cm³/mol. The maximum absolute atomic E-state index is 5.96. The van der Waals surface area contributed by atoms with Gasteiger partial charge in [-0.15, -0.1) is 0 Å². The van der Waals surface area contributed by atoms with Crippen LogP contribution in [0.2, 0.25) is 5.02 Å². The molecule has 4 heteroatoms. The fourth-order valence-electron chi connectivity index (χ4n) is 3.67. The van der Waals surface area contributed by atoms with Gasteiger partial charge >= 0.3 is 0 Å². The number of hydrogen-bond acceptors (Lipinski definition) is 3. The van der Waals surface area contributed by atoms with Crippen molar-refractivity contribution in [2.24, 2.45) is 5.92 Å². The maximum atomic E-state index is 5.96. The number of halogens is 1. The Balaban J connectivity index is 1.39. The highest BCUT2D eigenvalue weighted by Gasteiger charge is 2.33. The highest BCUT2D eigenvalue weighted by Crippen LogP contribution is 2.28. The SMILES string of the molecule is Clc1ccc(-c2ccc(CN[C@H]3CN4CCC3CC4)o2)cc1. The quantitative estimate of drug-likeness (QED) is 0.930. The third-order valence-electron chi connectivity index (χ3n) is 4.99. The van der Waals surface area contributed by atoms with Gasteiger partial charge in [0.05, 0.1) is 6.54 Å². The molecule has 0 aliphatic carbocycles. The van der Waals surface area contributed by atoms with E-state index in [0.29, 0.717) is 6.04 Å². The van der Waals surface area contributed by atoms with E-state index in [1.807, 2.05) is 30.3 Å². The van der Waals surface area contributed by atoms with Crippen LogP contribution < -0.4 is 5.32 Å². The van der Waals surface area contributed by atoms with Crippen LogP contribution in [-0.2, 0) is 6.54 Å². The number of benzene rings is 1. The molecule has 3 saturated heterocycles. The van der Waals surface area contributed by atoms with Crippen LogP contribution >= 0.6 is 11.6 Å². The number of hydrogen-bond donors (Lipinski definition) is 1. The fraction of sp³-hybridized carbons (Fsp3) is 0.444. The van der Waals surface area contributed by atoms with E-state index in [9.17, 15) is 0 Å². The minimum absolute atomic E-state index is 0.617. The molecule has 3 aliphatic heterocycles. The number of nitrogens with one attached hydrogen (secondary N) is 1. The molecule has 5 rings (SSSR count). The van der Waals surface area contributed by atoms with Crippen molar-refractivity contribution in [1.82, 2.24) is 10.2 Å². The third kappa shape index (κ3) is 2.94. The summed E-state index contributed by atoms with van der Waals surface area (Å²) >= 11 is 5.93. The molecule has 1 aromatic heterocycles. The molecule has 0 unspecified atom stereocenters. The molecule has 1 aromatic carbocycles. The normalized spacial score (nSPS) is 27.2. The number of rotatable bonds is 4. The molecule has 0 amide bonds. The van der Waals surface area contributed by atoms with Gasteiger partial charge in [-0.05, 0) is 68.2 Å². The number of fused-ring (bicyclic) bond motifs is 3. The number of piperidine rings is 3. The van der Waals surface area contributed by atoms with E-state index in [4.69, 9.17) is 16.0 Å². The minimum atomic E-state index is 0.617. The van der Waals surface area contributed by atoms with Crippen LogP contribution in [0.3, 0.4) is 0 Å². The molecule has 1 atom stereocenters. The van der Waals surface area contributed by atoms with Gasteiger partial charge in [-0.3, -0.25) is 0 Å². The van der Waals surface area contributed by atoms with Crippen molar-refractivity contribution in [3.63, 3.8) is 0 Å². The van der Waals surface area contributed by atoms with Crippen molar-refractivity contribution >= 4 is 11.6 Å². The van der Waals surface area contributed by atoms with Crippen LogP contribution in [0, 0.1) is 5.92 Å². The molecule has 0 spiro atoms. The summed E-state index contributed by atoms with van der Waals surface area (Å²) < 4.78 is 5.96. The van der Waals surface area contributed by atoms with E-state index < -0.39 is 0 Å². The molecule has 4 heterocycles. The summed E-state index contributed by atoms with van der Waals surface area (Å²) in [6, 6.07) is 12.5. The lowest BCUT2D eigenvalue weighted by Gasteiger charge is -2.45. The lowest BCUT2D eigenvalue weighted by molar-refractivity contribution is 0.0711. The Morgan fingerprint density at radius 2 is 1.86 bits per heavy atom. The molecular formula is C18H21ClN2O. The molecule has 3 fully saturated rings. The number of furan rings is 1. The second kappa shape index (κ2) is 6.07. The van der Waals surface area contributed by atoms with Crippen molar-refractivity contribution in [1.29, 1.82) is 0 Å². The molecule has 2 bridgehead atoms. The first-order valence-electron chi connectivity index (χ1n) is 8.08. The minimum Gasteiger partial charge on any atom is -0.460 e. The lowest BCUT2D eigenvalue weighted by atomic mass is 9.84. The second-order valence-corrected chi connectivity index (χ2v) is 6.83. The molecule has 0 saturated carbocycles. The van der Waals surface area contributed by atoms with Gasteiger partial charge in [0.2, 0.25) is 0 Å². The zero-order valence-electron chi connectivity index (χ0n) is 12.6. The first-order chi connectivity index (χ1) is 10.8. The van der Waals surface area contributed by atoms with E-state index in [1.165, 1.54) is 32.5 Å². The Hall–Kier alpha value is -1.29. The van der Waals surface area contributed by atoms with Gasteiger partial charge in [-0.25, -0.2) is 0 Å². The second-order valence-electron chi connectivity index (χ2n) is 6.40. The van der Waals surface area contributed by atoms with Crippen LogP contribution in [0.5, 0.6) is 0 Å². The van der Waals surface area contributed by atoms with Gasteiger partial charge in [0.1, 0.15) is 11.5 Å². The Labute approximate surface area is 136 Å². The Bertz CT molecular complexity index is 629. The summed E-state index contributed by atoms with van der Waals surface area (Å²) in [6.45, 7) is 4.56. The first kappa shape index (κ1) is 14.3. The Morgan fingerprint density at radius 3 is 2.55 bits per heavy atom. The van der Waals surface area contributed by atoms with Crippen molar-refractivity contribution in [3.8, 4) is 11.3 Å². The molecule has 1 N–H and O–H groups in total. The van der Waals surface area contributed by atoms with Gasteiger partial charge in [0, 0.05) is 23.2 Å². The van der Waals surface area contributed by atoms with Gasteiger partial charge in [0.15, 0.2) is 0 Å². The van der Waals surface area contributed by atoms with E-state index >= 15 is 0 Å². The van der Waals surface area contributed by atoms with Crippen molar-refractivity contribution in [3.05, 3.63) is 47.2 Å². The summed E-state index contributed by atoms with van der Waals surface area (Å²) in [5, 5.41) is 4.44. The van der Waals surface area contributed by atoms with Gasteiger partial charge in [0.25, 0.3) is 0 Å². The van der Waals surface area contributed by atoms with Crippen LogP contribution in [0.25, 0.3) is 11.3 Å². The van der Waals surface area contributed by atoms with E-state index in [-0.39, 0.29) is 0 Å². The van der Waals surface area contributed by atoms with Crippen LogP contribution in [-0.4, -0.2) is 30.6 Å². The van der Waals surface area contributed by atoms with Gasteiger partial charge < -0.3 is 14.6 Å². The van der Waals surface area contributed by atoms with E-state index in [1.54, 1.807) is 0 Å². The van der Waals surface area contributed by atoms with Gasteiger partial charge in [-0.2, -0.15) is 0 Å². The van der Waals surface area contributed by atoms with Crippen LogP contribution in [0.4, 0.5) is 0 Å². The number of nitrogens with zero attached hydrogens (tertiary/aromatic N) is 1. The monoisotopic (exact) mass is 316 g/mol. The average Bonchev–Trinajstić information content (AvgIpc) is 3.04.